The fourth-order valence-electron chi connectivity index (χ4n) is 1.23. The standard InChI is InChI=1S/C11H19NO2S/c1-10(11-4-3-6-14-11)12-5-8-15-9-7-13-2/h3-4,6,10,12H,5,7-9H2,1-2H3. The minimum absolute atomic E-state index is 0.294. The SMILES string of the molecule is COCCSCCNC(C)c1ccco1. The van der Waals surface area contributed by atoms with E-state index in [1.807, 2.05) is 23.9 Å². The van der Waals surface area contributed by atoms with Gasteiger partial charge in [0, 0.05) is 25.2 Å². The zero-order valence-corrected chi connectivity index (χ0v) is 10.2. The molecule has 0 amide bonds. The Morgan fingerprint density at radius 2 is 2.40 bits per heavy atom. The summed E-state index contributed by atoms with van der Waals surface area (Å²) in [6, 6.07) is 4.21. The number of thioether (sulfide) groups is 1. The lowest BCUT2D eigenvalue weighted by atomic mass is 10.2. The summed E-state index contributed by atoms with van der Waals surface area (Å²) in [6.07, 6.45) is 1.71. The summed E-state index contributed by atoms with van der Waals surface area (Å²) >= 11 is 1.90. The molecule has 1 rings (SSSR count). The molecule has 1 aromatic heterocycles. The first-order valence-corrected chi connectivity index (χ1v) is 6.33. The van der Waals surface area contributed by atoms with Crippen LogP contribution < -0.4 is 5.32 Å². The van der Waals surface area contributed by atoms with E-state index >= 15 is 0 Å². The molecule has 0 aliphatic heterocycles. The summed E-state index contributed by atoms with van der Waals surface area (Å²) in [5.74, 6) is 3.17. The summed E-state index contributed by atoms with van der Waals surface area (Å²) in [4.78, 5) is 0. The molecule has 0 bridgehead atoms. The van der Waals surface area contributed by atoms with Gasteiger partial charge in [0.2, 0.25) is 0 Å². The summed E-state index contributed by atoms with van der Waals surface area (Å²) in [7, 11) is 1.73. The van der Waals surface area contributed by atoms with Crippen molar-refractivity contribution >= 4 is 11.8 Å². The van der Waals surface area contributed by atoms with Gasteiger partial charge in [-0.2, -0.15) is 11.8 Å². The highest BCUT2D eigenvalue weighted by atomic mass is 32.2. The Bertz CT molecular complexity index is 239. The van der Waals surface area contributed by atoms with Crippen LogP contribution in [0.3, 0.4) is 0 Å². The molecule has 1 unspecified atom stereocenters. The Labute approximate surface area is 95.6 Å². The molecular formula is C11H19NO2S. The molecule has 0 radical (unpaired) electrons. The first-order chi connectivity index (χ1) is 7.34. The summed E-state index contributed by atoms with van der Waals surface area (Å²) in [6.45, 7) is 3.94. The van der Waals surface area contributed by atoms with Crippen LogP contribution >= 0.6 is 11.8 Å². The maximum absolute atomic E-state index is 5.30. The Kier molecular flexibility index (Phi) is 6.55. The smallest absolute Gasteiger partial charge is 0.120 e. The van der Waals surface area contributed by atoms with Crippen molar-refractivity contribution in [3.8, 4) is 0 Å². The molecule has 0 saturated carbocycles. The molecular weight excluding hydrogens is 210 g/mol. The second-order valence-corrected chi connectivity index (χ2v) is 4.52. The zero-order valence-electron chi connectivity index (χ0n) is 9.36. The van der Waals surface area contributed by atoms with Gasteiger partial charge in [-0.25, -0.2) is 0 Å². The minimum atomic E-state index is 0.294. The molecule has 1 heterocycles. The van der Waals surface area contributed by atoms with Gasteiger partial charge in [0.1, 0.15) is 5.76 Å². The van der Waals surface area contributed by atoms with Gasteiger partial charge in [0.15, 0.2) is 0 Å². The fourth-order valence-corrected chi connectivity index (χ4v) is 1.98. The molecule has 0 aromatic carbocycles. The van der Waals surface area contributed by atoms with E-state index in [9.17, 15) is 0 Å². The van der Waals surface area contributed by atoms with Crippen LogP contribution in [0.4, 0.5) is 0 Å². The molecule has 86 valence electrons. The van der Waals surface area contributed by atoms with Crippen molar-refractivity contribution in [2.24, 2.45) is 0 Å². The van der Waals surface area contributed by atoms with Crippen molar-refractivity contribution in [2.45, 2.75) is 13.0 Å². The highest BCUT2D eigenvalue weighted by molar-refractivity contribution is 7.99. The number of nitrogens with one attached hydrogen (secondary N) is 1. The van der Waals surface area contributed by atoms with Crippen molar-refractivity contribution in [3.05, 3.63) is 24.2 Å². The van der Waals surface area contributed by atoms with Gasteiger partial charge in [-0.05, 0) is 19.1 Å². The first-order valence-electron chi connectivity index (χ1n) is 5.18. The number of hydrogen-bond acceptors (Lipinski definition) is 4. The molecule has 0 aliphatic rings. The predicted octanol–water partition coefficient (Wildman–Crippen LogP) is 2.31. The summed E-state index contributed by atoms with van der Waals surface area (Å²) in [5, 5.41) is 3.41. The van der Waals surface area contributed by atoms with Crippen molar-refractivity contribution in [3.63, 3.8) is 0 Å². The molecule has 0 saturated heterocycles. The Morgan fingerprint density at radius 3 is 3.07 bits per heavy atom. The third-order valence-electron chi connectivity index (χ3n) is 2.10. The van der Waals surface area contributed by atoms with E-state index in [0.29, 0.717) is 6.04 Å². The molecule has 0 aliphatic carbocycles. The largest absolute Gasteiger partial charge is 0.468 e. The second kappa shape index (κ2) is 7.79. The van der Waals surface area contributed by atoms with Crippen LogP contribution in [0, 0.1) is 0 Å². The monoisotopic (exact) mass is 229 g/mol. The van der Waals surface area contributed by atoms with Gasteiger partial charge < -0.3 is 14.5 Å². The maximum atomic E-state index is 5.30. The van der Waals surface area contributed by atoms with Gasteiger partial charge in [0.05, 0.1) is 18.9 Å². The lowest BCUT2D eigenvalue weighted by Crippen LogP contribution is -2.21. The Hall–Kier alpha value is -0.450. The van der Waals surface area contributed by atoms with Gasteiger partial charge >= 0.3 is 0 Å². The average Bonchev–Trinajstić information content (AvgIpc) is 2.76. The first kappa shape index (κ1) is 12.6. The second-order valence-electron chi connectivity index (χ2n) is 3.30. The van der Waals surface area contributed by atoms with Crippen molar-refractivity contribution in [2.75, 3.05) is 31.8 Å². The van der Waals surface area contributed by atoms with Crippen LogP contribution in [0.5, 0.6) is 0 Å². The number of ether oxygens (including phenoxy) is 1. The molecule has 15 heavy (non-hydrogen) atoms. The van der Waals surface area contributed by atoms with Gasteiger partial charge in [-0.3, -0.25) is 0 Å². The van der Waals surface area contributed by atoms with Crippen molar-refractivity contribution in [1.82, 2.24) is 5.32 Å². The van der Waals surface area contributed by atoms with E-state index in [1.165, 1.54) is 0 Å². The third-order valence-corrected chi connectivity index (χ3v) is 3.05. The molecule has 0 spiro atoms. The lowest BCUT2D eigenvalue weighted by molar-refractivity contribution is 0.218. The van der Waals surface area contributed by atoms with Gasteiger partial charge in [0.25, 0.3) is 0 Å². The van der Waals surface area contributed by atoms with Crippen LogP contribution in [-0.4, -0.2) is 31.8 Å². The highest BCUT2D eigenvalue weighted by Gasteiger charge is 2.05. The van der Waals surface area contributed by atoms with E-state index in [1.54, 1.807) is 13.4 Å². The molecule has 1 aromatic rings. The van der Waals surface area contributed by atoms with Crippen LogP contribution in [0.2, 0.25) is 0 Å². The summed E-state index contributed by atoms with van der Waals surface area (Å²) in [5.41, 5.74) is 0. The zero-order chi connectivity index (χ0) is 10.9. The van der Waals surface area contributed by atoms with E-state index < -0.39 is 0 Å². The maximum Gasteiger partial charge on any atom is 0.120 e. The van der Waals surface area contributed by atoms with Crippen LogP contribution in [-0.2, 0) is 4.74 Å². The van der Waals surface area contributed by atoms with Crippen LogP contribution in [0.15, 0.2) is 22.8 Å². The number of rotatable bonds is 8. The van der Waals surface area contributed by atoms with E-state index in [4.69, 9.17) is 9.15 Å². The Morgan fingerprint density at radius 1 is 1.53 bits per heavy atom. The molecule has 0 fully saturated rings. The van der Waals surface area contributed by atoms with E-state index in [-0.39, 0.29) is 0 Å². The molecule has 3 nitrogen and oxygen atoms in total. The normalized spacial score (nSPS) is 12.9. The van der Waals surface area contributed by atoms with E-state index in [2.05, 4.69) is 12.2 Å². The van der Waals surface area contributed by atoms with Gasteiger partial charge in [-0.15, -0.1) is 0 Å². The third kappa shape index (κ3) is 5.25. The van der Waals surface area contributed by atoms with Crippen molar-refractivity contribution < 1.29 is 9.15 Å². The predicted molar refractivity (Wildman–Crippen MR) is 64.3 cm³/mol. The number of furan rings is 1. The fraction of sp³-hybridized carbons (Fsp3) is 0.636. The minimum Gasteiger partial charge on any atom is -0.468 e. The average molecular weight is 229 g/mol. The van der Waals surface area contributed by atoms with Crippen molar-refractivity contribution in [1.29, 1.82) is 0 Å². The highest BCUT2D eigenvalue weighted by Crippen LogP contribution is 2.11. The van der Waals surface area contributed by atoms with Crippen LogP contribution in [0.25, 0.3) is 0 Å². The summed E-state index contributed by atoms with van der Waals surface area (Å²) < 4.78 is 10.3. The molecule has 1 atom stereocenters. The topological polar surface area (TPSA) is 34.4 Å². The lowest BCUT2D eigenvalue weighted by Gasteiger charge is -2.10. The molecule has 1 N–H and O–H groups in total. The quantitative estimate of drug-likeness (QED) is 0.694. The molecule has 4 heteroatoms. The Balaban J connectivity index is 2.00. The number of methoxy groups -OCH3 is 1. The van der Waals surface area contributed by atoms with Gasteiger partial charge in [-0.1, -0.05) is 0 Å². The van der Waals surface area contributed by atoms with Crippen LogP contribution in [0.1, 0.15) is 18.7 Å². The number of hydrogen-bond donors (Lipinski definition) is 1. The van der Waals surface area contributed by atoms with E-state index in [0.717, 1.165) is 30.4 Å².